The predicted octanol–water partition coefficient (Wildman–Crippen LogP) is 9.01. The number of hydrogen-bond acceptors (Lipinski definition) is 9. The van der Waals surface area contributed by atoms with Gasteiger partial charge in [0.1, 0.15) is 29.8 Å². The Hall–Kier alpha value is -6.39. The van der Waals surface area contributed by atoms with Gasteiger partial charge in [-0.05, 0) is 104 Å². The lowest BCUT2D eigenvalue weighted by molar-refractivity contribution is -0.956. The molecular formula is C50H54N8O7. The summed E-state index contributed by atoms with van der Waals surface area (Å²) in [5, 5.41) is 29.1. The summed E-state index contributed by atoms with van der Waals surface area (Å²) in [6, 6.07) is 28.2. The number of quaternary nitrogens is 1. The SMILES string of the molecule is COC(=O)NC(C(=O)N1CCCC1c1nc2c([nH]1)-c1ccc(-c3ccc(-c4ccc5nc(C6CCCN6[N+]([O-])(C(=O)O)C(C)C6CCOCC6)[nH]c5c4)cc3)cc1CC2)c1ccccc1. The van der Waals surface area contributed by atoms with Gasteiger partial charge in [0.05, 0.1) is 35.6 Å². The molecule has 0 bridgehead atoms. The van der Waals surface area contributed by atoms with Crippen molar-refractivity contribution in [3.05, 3.63) is 125 Å². The Bertz CT molecular complexity index is 2730. The number of benzene rings is 4. The van der Waals surface area contributed by atoms with E-state index in [1.807, 2.05) is 47.4 Å². The molecule has 5 atom stereocenters. The molecule has 3 amide bonds. The Morgan fingerprint density at radius 1 is 0.831 bits per heavy atom. The van der Waals surface area contributed by atoms with Gasteiger partial charge >= 0.3 is 12.2 Å². The lowest BCUT2D eigenvalue weighted by atomic mass is 9.89. The summed E-state index contributed by atoms with van der Waals surface area (Å²) in [4.78, 5) is 58.0. The van der Waals surface area contributed by atoms with Crippen LogP contribution in [0.3, 0.4) is 0 Å². The fraction of sp³-hybridized carbons (Fsp3) is 0.380. The summed E-state index contributed by atoms with van der Waals surface area (Å²) in [6.07, 6.45) is 3.88. The first-order valence-electron chi connectivity index (χ1n) is 22.8. The van der Waals surface area contributed by atoms with Crippen LogP contribution >= 0.6 is 0 Å². The Morgan fingerprint density at radius 2 is 1.51 bits per heavy atom. The van der Waals surface area contributed by atoms with Crippen LogP contribution in [0.4, 0.5) is 9.59 Å². The summed E-state index contributed by atoms with van der Waals surface area (Å²) in [5.74, 6) is 1.15. The highest BCUT2D eigenvalue weighted by Gasteiger charge is 2.50. The van der Waals surface area contributed by atoms with Crippen molar-refractivity contribution >= 4 is 29.1 Å². The van der Waals surface area contributed by atoms with E-state index in [2.05, 4.69) is 63.8 Å². The van der Waals surface area contributed by atoms with Crippen LogP contribution in [-0.2, 0) is 27.1 Å². The number of rotatable bonds is 10. The number of alkyl carbamates (subject to hydrolysis) is 1. The summed E-state index contributed by atoms with van der Waals surface area (Å²) in [6.45, 7) is 3.81. The van der Waals surface area contributed by atoms with Gasteiger partial charge in [-0.25, -0.2) is 14.8 Å². The molecule has 0 radical (unpaired) electrons. The second-order valence-electron chi connectivity index (χ2n) is 17.8. The Labute approximate surface area is 376 Å². The Kier molecular flexibility index (Phi) is 11.5. The van der Waals surface area contributed by atoms with E-state index in [0.29, 0.717) is 63.4 Å². The van der Waals surface area contributed by atoms with Crippen LogP contribution in [0.2, 0.25) is 0 Å². The van der Waals surface area contributed by atoms with E-state index in [9.17, 15) is 24.7 Å². The maximum atomic E-state index is 14.4. The highest BCUT2D eigenvalue weighted by molar-refractivity contribution is 5.88. The monoisotopic (exact) mass is 878 g/mol. The number of aryl methyl sites for hydroxylation is 2. The van der Waals surface area contributed by atoms with Crippen molar-refractivity contribution in [2.45, 2.75) is 82.5 Å². The van der Waals surface area contributed by atoms with Gasteiger partial charge in [0.15, 0.2) is 0 Å². The van der Waals surface area contributed by atoms with Gasteiger partial charge in [-0.3, -0.25) is 4.79 Å². The standard InChI is InChI=1S/C50H54N8O7/c1-30(31-22-26-65-27-23-31)58(63,50(61)62)57-25-7-11-43(57)47-51-39-20-17-36(29-41(39)53-47)33-14-12-32(13-15-33)35-16-19-38-37(28-35)18-21-40-45(38)54-46(52-40)42-10-6-24-56(42)48(59)44(55-49(60)64-2)34-8-4-3-5-9-34/h3-5,8-9,12-17,19-20,28-31,42-44H,6-7,10-11,18,21-27H2,1-2H3,(H,51,53)(H,52,54)(H,55,60)(H,61,62). The number of carbonyl (C=O) groups is 3. The first kappa shape index (κ1) is 42.6. The average molecular weight is 879 g/mol. The molecule has 15 heteroatoms. The molecular weight excluding hydrogens is 825 g/mol. The topological polar surface area (TPSA) is 189 Å². The number of nitrogens with zero attached hydrogens (tertiary/aromatic N) is 5. The first-order valence-corrected chi connectivity index (χ1v) is 22.8. The summed E-state index contributed by atoms with van der Waals surface area (Å²) >= 11 is 0. The van der Waals surface area contributed by atoms with Gasteiger partial charge in [-0.1, -0.05) is 78.9 Å². The number of methoxy groups -OCH3 is 1. The van der Waals surface area contributed by atoms with Crippen molar-refractivity contribution in [3.63, 3.8) is 0 Å². The van der Waals surface area contributed by atoms with Gasteiger partial charge < -0.3 is 40.0 Å². The molecule has 3 saturated heterocycles. The highest BCUT2D eigenvalue weighted by atomic mass is 16.7. The van der Waals surface area contributed by atoms with Crippen LogP contribution in [0.1, 0.15) is 92.0 Å². The molecule has 3 fully saturated rings. The zero-order chi connectivity index (χ0) is 44.8. The van der Waals surface area contributed by atoms with Gasteiger partial charge in [0, 0.05) is 37.8 Å². The van der Waals surface area contributed by atoms with Crippen molar-refractivity contribution in [2.24, 2.45) is 5.92 Å². The molecule has 15 nitrogen and oxygen atoms in total. The smallest absolute Gasteiger partial charge is 0.534 e. The molecule has 4 N–H and O–H groups in total. The molecule has 5 heterocycles. The lowest BCUT2D eigenvalue weighted by Crippen LogP contribution is -2.65. The number of fused-ring (bicyclic) bond motifs is 4. The minimum absolute atomic E-state index is 0.0375. The number of hydroxylamine groups is 2. The molecule has 336 valence electrons. The lowest BCUT2D eigenvalue weighted by Gasteiger charge is -2.50. The molecule has 1 aliphatic carbocycles. The summed E-state index contributed by atoms with van der Waals surface area (Å²) in [7, 11) is 1.29. The van der Waals surface area contributed by atoms with Gasteiger partial charge in [-0.2, -0.15) is 9.55 Å². The molecule has 5 unspecified atom stereocenters. The normalized spacial score (nSPS) is 20.8. The maximum Gasteiger partial charge on any atom is 0.534 e. The number of ether oxygens (including phenoxy) is 2. The molecule has 0 saturated carbocycles. The van der Waals surface area contributed by atoms with E-state index in [4.69, 9.17) is 19.4 Å². The maximum absolute atomic E-state index is 14.4. The third-order valence-corrected chi connectivity index (χ3v) is 14.2. The van der Waals surface area contributed by atoms with Crippen molar-refractivity contribution < 1.29 is 33.7 Å². The quantitative estimate of drug-likeness (QED) is 0.0764. The van der Waals surface area contributed by atoms with Crippen molar-refractivity contribution in [1.29, 1.82) is 0 Å². The van der Waals surface area contributed by atoms with E-state index in [0.717, 1.165) is 81.7 Å². The molecule has 4 aliphatic rings. The third-order valence-electron chi connectivity index (χ3n) is 14.2. The predicted molar refractivity (Wildman–Crippen MR) is 244 cm³/mol. The van der Waals surface area contributed by atoms with Crippen LogP contribution in [-0.4, -0.2) is 97.3 Å². The minimum atomic E-state index is -1.40. The number of imidazole rings is 2. The molecule has 2 aromatic heterocycles. The number of H-pyrrole nitrogens is 2. The Morgan fingerprint density at radius 3 is 2.25 bits per heavy atom. The van der Waals surface area contributed by atoms with Gasteiger partial charge in [0.25, 0.3) is 5.91 Å². The van der Waals surface area contributed by atoms with E-state index in [1.54, 1.807) is 11.9 Å². The molecule has 0 spiro atoms. The second kappa shape index (κ2) is 17.5. The second-order valence-corrected chi connectivity index (χ2v) is 17.8. The summed E-state index contributed by atoms with van der Waals surface area (Å²) < 4.78 is 8.97. The Balaban J connectivity index is 0.848. The number of amides is 3. The number of aromatic amines is 2. The molecule has 10 rings (SSSR count). The van der Waals surface area contributed by atoms with E-state index in [-0.39, 0.29) is 17.9 Å². The molecule has 6 aromatic rings. The van der Waals surface area contributed by atoms with Gasteiger partial charge in [-0.15, -0.1) is 5.01 Å². The zero-order valence-electron chi connectivity index (χ0n) is 36.7. The van der Waals surface area contributed by atoms with Crippen molar-refractivity contribution in [2.75, 3.05) is 33.4 Å². The molecule has 4 aromatic carbocycles. The number of hydrogen-bond donors (Lipinski definition) is 4. The number of carboxylic acid groups (broad SMARTS) is 1. The van der Waals surface area contributed by atoms with Crippen molar-refractivity contribution in [3.8, 4) is 33.5 Å². The fourth-order valence-electron chi connectivity index (χ4n) is 10.7. The fourth-order valence-corrected chi connectivity index (χ4v) is 10.7. The average Bonchev–Trinajstić information content (AvgIpc) is 4.19. The van der Waals surface area contributed by atoms with Crippen LogP contribution < -0.4 is 5.32 Å². The first-order chi connectivity index (χ1) is 31.6. The number of nitrogens with one attached hydrogen (secondary N) is 3. The van der Waals surface area contributed by atoms with Crippen LogP contribution in [0.25, 0.3) is 44.5 Å². The van der Waals surface area contributed by atoms with Crippen molar-refractivity contribution in [1.82, 2.24) is 35.2 Å². The van der Waals surface area contributed by atoms with Gasteiger partial charge in [0.2, 0.25) is 0 Å². The third kappa shape index (κ3) is 7.85. The van der Waals surface area contributed by atoms with E-state index in [1.165, 1.54) is 12.7 Å². The number of carbonyl (C=O) groups excluding carboxylic acids is 2. The number of aromatic nitrogens is 4. The minimum Gasteiger partial charge on any atom is -0.601 e. The highest BCUT2D eigenvalue weighted by Crippen LogP contribution is 2.42. The number of likely N-dealkylation sites (tertiary alicyclic amines) is 1. The summed E-state index contributed by atoms with van der Waals surface area (Å²) in [5.41, 5.74) is 10.9. The van der Waals surface area contributed by atoms with Crippen LogP contribution in [0.15, 0.2) is 91.0 Å². The van der Waals surface area contributed by atoms with Crippen LogP contribution in [0, 0.1) is 11.1 Å². The molecule has 65 heavy (non-hydrogen) atoms. The zero-order valence-corrected chi connectivity index (χ0v) is 36.7. The van der Waals surface area contributed by atoms with E-state index < -0.39 is 35.1 Å². The van der Waals surface area contributed by atoms with E-state index >= 15 is 0 Å². The largest absolute Gasteiger partial charge is 0.601 e. The van der Waals surface area contributed by atoms with Crippen LogP contribution in [0.5, 0.6) is 0 Å². The molecule has 3 aliphatic heterocycles.